The van der Waals surface area contributed by atoms with Gasteiger partial charge in [-0.25, -0.2) is 0 Å². The molecule has 2 fully saturated rings. The summed E-state index contributed by atoms with van der Waals surface area (Å²) in [5, 5.41) is 0. The third kappa shape index (κ3) is 2.29. The van der Waals surface area contributed by atoms with Gasteiger partial charge in [-0.2, -0.15) is 5.48 Å². The maximum Gasteiger partial charge on any atom is 0.0790 e. The summed E-state index contributed by atoms with van der Waals surface area (Å²) in [6.45, 7) is 4.69. The van der Waals surface area contributed by atoms with E-state index in [1.165, 1.54) is 44.9 Å². The van der Waals surface area contributed by atoms with E-state index in [9.17, 15) is 0 Å². The van der Waals surface area contributed by atoms with E-state index >= 15 is 0 Å². The first-order valence-corrected chi connectivity index (χ1v) is 6.10. The lowest BCUT2D eigenvalue weighted by Crippen LogP contribution is -2.39. The molecule has 1 atom stereocenters. The molecule has 14 heavy (non-hydrogen) atoms. The quantitative estimate of drug-likeness (QED) is 0.702. The summed E-state index contributed by atoms with van der Waals surface area (Å²) < 4.78 is 0. The van der Waals surface area contributed by atoms with Gasteiger partial charge in [0.15, 0.2) is 0 Å². The van der Waals surface area contributed by atoms with Gasteiger partial charge in [-0.1, -0.05) is 33.1 Å². The zero-order chi connectivity index (χ0) is 10.0. The van der Waals surface area contributed by atoms with Crippen LogP contribution in [0.25, 0.3) is 0 Å². The molecule has 1 unspecified atom stereocenters. The summed E-state index contributed by atoms with van der Waals surface area (Å²) in [5.41, 5.74) is 3.74. The lowest BCUT2D eigenvalue weighted by molar-refractivity contribution is -0.0558. The zero-order valence-electron chi connectivity index (χ0n) is 9.51. The summed E-state index contributed by atoms with van der Waals surface area (Å²) in [5.74, 6) is 0. The van der Waals surface area contributed by atoms with Crippen LogP contribution in [0, 0.1) is 5.41 Å². The largest absolute Gasteiger partial charge is 0.298 e. The van der Waals surface area contributed by atoms with E-state index in [1.807, 2.05) is 0 Å². The molecule has 0 aromatic carbocycles. The smallest absolute Gasteiger partial charge is 0.0790 e. The van der Waals surface area contributed by atoms with Crippen molar-refractivity contribution >= 4 is 0 Å². The highest BCUT2D eigenvalue weighted by Crippen LogP contribution is 2.37. The van der Waals surface area contributed by atoms with Gasteiger partial charge < -0.3 is 0 Å². The van der Waals surface area contributed by atoms with Crippen LogP contribution in [0.15, 0.2) is 0 Å². The third-order valence-corrected chi connectivity index (χ3v) is 3.94. The third-order valence-electron chi connectivity index (χ3n) is 3.94. The van der Waals surface area contributed by atoms with Crippen LogP contribution in [0.4, 0.5) is 0 Å². The topological polar surface area (TPSA) is 21.3 Å². The highest BCUT2D eigenvalue weighted by atomic mass is 16.7. The molecule has 2 aliphatic rings. The second-order valence-electron chi connectivity index (χ2n) is 5.58. The second-order valence-corrected chi connectivity index (χ2v) is 5.58. The van der Waals surface area contributed by atoms with Gasteiger partial charge in [0, 0.05) is 6.04 Å². The first kappa shape index (κ1) is 10.4. The van der Waals surface area contributed by atoms with E-state index in [-0.39, 0.29) is 0 Å². The summed E-state index contributed by atoms with van der Waals surface area (Å²) in [4.78, 5) is 5.77. The minimum Gasteiger partial charge on any atom is -0.298 e. The van der Waals surface area contributed by atoms with Crippen molar-refractivity contribution in [3.8, 4) is 0 Å². The van der Waals surface area contributed by atoms with Crippen LogP contribution in [0.3, 0.4) is 0 Å². The summed E-state index contributed by atoms with van der Waals surface area (Å²) in [6.07, 6.45) is 9.64. The van der Waals surface area contributed by atoms with Gasteiger partial charge in [0.1, 0.15) is 0 Å². The molecule has 2 heteroatoms. The Bertz CT molecular complexity index is 185. The first-order valence-electron chi connectivity index (χ1n) is 6.10. The molecule has 2 saturated carbocycles. The SMILES string of the molecule is CC1(C)CCCC1NOC1CCCC1. The Labute approximate surface area is 87.4 Å². The number of rotatable bonds is 3. The fraction of sp³-hybridized carbons (Fsp3) is 1.00. The monoisotopic (exact) mass is 197 g/mol. The Balaban J connectivity index is 1.74. The molecule has 2 aliphatic carbocycles. The van der Waals surface area contributed by atoms with E-state index in [1.54, 1.807) is 0 Å². The van der Waals surface area contributed by atoms with Crippen molar-refractivity contribution in [1.82, 2.24) is 5.48 Å². The van der Waals surface area contributed by atoms with Gasteiger partial charge in [0.05, 0.1) is 6.10 Å². The fourth-order valence-corrected chi connectivity index (χ4v) is 2.73. The number of hydrogen-bond acceptors (Lipinski definition) is 2. The Morgan fingerprint density at radius 1 is 1.07 bits per heavy atom. The maximum atomic E-state index is 5.77. The van der Waals surface area contributed by atoms with Crippen molar-refractivity contribution in [3.63, 3.8) is 0 Å². The molecule has 0 spiro atoms. The van der Waals surface area contributed by atoms with Crippen molar-refractivity contribution in [3.05, 3.63) is 0 Å². The van der Waals surface area contributed by atoms with Crippen LogP contribution in [0.2, 0.25) is 0 Å². The van der Waals surface area contributed by atoms with Gasteiger partial charge in [0.25, 0.3) is 0 Å². The normalized spacial score (nSPS) is 32.6. The predicted molar refractivity (Wildman–Crippen MR) is 57.9 cm³/mol. The molecule has 0 saturated heterocycles. The average molecular weight is 197 g/mol. The molecule has 0 aliphatic heterocycles. The van der Waals surface area contributed by atoms with Crippen LogP contribution in [0.1, 0.15) is 58.8 Å². The van der Waals surface area contributed by atoms with Crippen molar-refractivity contribution in [2.24, 2.45) is 5.41 Å². The van der Waals surface area contributed by atoms with Crippen molar-refractivity contribution in [2.75, 3.05) is 0 Å². The molecule has 82 valence electrons. The molecule has 2 nitrogen and oxygen atoms in total. The van der Waals surface area contributed by atoms with Crippen LogP contribution < -0.4 is 5.48 Å². The molecule has 0 bridgehead atoms. The average Bonchev–Trinajstić information content (AvgIpc) is 2.71. The molecule has 0 aromatic rings. The van der Waals surface area contributed by atoms with E-state index in [4.69, 9.17) is 4.84 Å². The Kier molecular flexibility index (Phi) is 3.13. The molecule has 0 radical (unpaired) electrons. The minimum absolute atomic E-state index is 0.429. The standard InChI is InChI=1S/C12H23NO/c1-12(2)9-5-8-11(12)13-14-10-6-3-4-7-10/h10-11,13H,3-9H2,1-2H3. The summed E-state index contributed by atoms with van der Waals surface area (Å²) in [7, 11) is 0. The molecular weight excluding hydrogens is 174 g/mol. The lowest BCUT2D eigenvalue weighted by atomic mass is 9.88. The first-order chi connectivity index (χ1) is 6.68. The molecule has 0 amide bonds. The Morgan fingerprint density at radius 3 is 2.36 bits per heavy atom. The van der Waals surface area contributed by atoms with Gasteiger partial charge in [0.2, 0.25) is 0 Å². The van der Waals surface area contributed by atoms with E-state index in [0.717, 1.165) is 0 Å². The summed E-state index contributed by atoms with van der Waals surface area (Å²) in [6, 6.07) is 0.572. The number of hydroxylamine groups is 1. The molecular formula is C12H23NO. The number of nitrogens with one attached hydrogen (secondary N) is 1. The second kappa shape index (κ2) is 4.19. The highest BCUT2D eigenvalue weighted by Gasteiger charge is 2.35. The van der Waals surface area contributed by atoms with Gasteiger partial charge in [-0.3, -0.25) is 4.84 Å². The maximum absolute atomic E-state index is 5.77. The van der Waals surface area contributed by atoms with Gasteiger partial charge >= 0.3 is 0 Å². The molecule has 0 aromatic heterocycles. The van der Waals surface area contributed by atoms with Crippen LogP contribution >= 0.6 is 0 Å². The van der Waals surface area contributed by atoms with Gasteiger partial charge in [-0.05, 0) is 31.1 Å². The minimum atomic E-state index is 0.429. The van der Waals surface area contributed by atoms with E-state index in [0.29, 0.717) is 17.6 Å². The van der Waals surface area contributed by atoms with Crippen molar-refractivity contribution in [2.45, 2.75) is 70.9 Å². The van der Waals surface area contributed by atoms with Crippen molar-refractivity contribution in [1.29, 1.82) is 0 Å². The van der Waals surface area contributed by atoms with Crippen LogP contribution in [0.5, 0.6) is 0 Å². The molecule has 0 heterocycles. The van der Waals surface area contributed by atoms with Crippen molar-refractivity contribution < 1.29 is 4.84 Å². The lowest BCUT2D eigenvalue weighted by Gasteiger charge is -2.28. The Morgan fingerprint density at radius 2 is 1.79 bits per heavy atom. The Hall–Kier alpha value is -0.0800. The zero-order valence-corrected chi connectivity index (χ0v) is 9.51. The van der Waals surface area contributed by atoms with E-state index < -0.39 is 0 Å². The van der Waals surface area contributed by atoms with Crippen LogP contribution in [-0.4, -0.2) is 12.1 Å². The number of hydrogen-bond donors (Lipinski definition) is 1. The molecule has 2 rings (SSSR count). The van der Waals surface area contributed by atoms with Gasteiger partial charge in [-0.15, -0.1) is 0 Å². The predicted octanol–water partition coefficient (Wildman–Crippen LogP) is 3.03. The highest BCUT2D eigenvalue weighted by molar-refractivity contribution is 4.88. The van der Waals surface area contributed by atoms with Crippen LogP contribution in [-0.2, 0) is 4.84 Å². The summed E-state index contributed by atoms with van der Waals surface area (Å²) >= 11 is 0. The fourth-order valence-electron chi connectivity index (χ4n) is 2.73. The van der Waals surface area contributed by atoms with E-state index in [2.05, 4.69) is 19.3 Å². The molecule has 1 N–H and O–H groups in total.